The summed E-state index contributed by atoms with van der Waals surface area (Å²) in [6.45, 7) is 2.80. The van der Waals surface area contributed by atoms with Crippen LogP contribution < -0.4 is 4.74 Å². The Morgan fingerprint density at radius 2 is 2.17 bits per heavy atom. The molecule has 0 amide bonds. The van der Waals surface area contributed by atoms with Gasteiger partial charge in [-0.25, -0.2) is 9.79 Å². The van der Waals surface area contributed by atoms with Crippen molar-refractivity contribution in [2.75, 3.05) is 6.61 Å². The fraction of sp³-hybridized carbons (Fsp3) is 0.222. The number of ether oxygens (including phenoxy) is 2. The first-order chi connectivity index (χ1) is 11.3. The molecule has 5 heteroatoms. The van der Waals surface area contributed by atoms with Gasteiger partial charge < -0.3 is 13.9 Å². The number of nitrogens with zero attached hydrogens (tertiary/aromatic N) is 1. The van der Waals surface area contributed by atoms with Gasteiger partial charge in [-0.1, -0.05) is 25.5 Å². The van der Waals surface area contributed by atoms with Crippen LogP contribution in [0.5, 0.6) is 5.75 Å². The maximum atomic E-state index is 11.9. The van der Waals surface area contributed by atoms with E-state index in [4.69, 9.17) is 13.9 Å². The Labute approximate surface area is 134 Å². The largest absolute Gasteiger partial charge is 0.494 e. The Balaban J connectivity index is 1.78. The van der Waals surface area contributed by atoms with Gasteiger partial charge in [0.2, 0.25) is 0 Å². The van der Waals surface area contributed by atoms with Crippen molar-refractivity contribution in [1.29, 1.82) is 0 Å². The molecule has 0 saturated heterocycles. The van der Waals surface area contributed by atoms with Gasteiger partial charge in [0.15, 0.2) is 11.5 Å². The summed E-state index contributed by atoms with van der Waals surface area (Å²) in [4.78, 5) is 16.1. The third-order valence-electron chi connectivity index (χ3n) is 3.28. The zero-order chi connectivity index (χ0) is 16.1. The van der Waals surface area contributed by atoms with Gasteiger partial charge in [0.1, 0.15) is 5.75 Å². The summed E-state index contributed by atoms with van der Waals surface area (Å²) in [6, 6.07) is 10.9. The molecule has 0 spiro atoms. The summed E-state index contributed by atoms with van der Waals surface area (Å²) < 4.78 is 16.0. The second-order valence-corrected chi connectivity index (χ2v) is 5.09. The lowest BCUT2D eigenvalue weighted by Gasteiger charge is -2.05. The van der Waals surface area contributed by atoms with E-state index < -0.39 is 5.97 Å². The van der Waals surface area contributed by atoms with E-state index in [1.807, 2.05) is 24.3 Å². The van der Waals surface area contributed by atoms with E-state index in [1.54, 1.807) is 18.2 Å². The van der Waals surface area contributed by atoms with Crippen LogP contribution in [0.3, 0.4) is 0 Å². The average Bonchev–Trinajstić information content (AvgIpc) is 3.19. The molecule has 23 heavy (non-hydrogen) atoms. The lowest BCUT2D eigenvalue weighted by atomic mass is 10.2. The SMILES string of the molecule is CCCCOc1cccc(/C=C2\N=C(c3ccco3)OC2=O)c1. The van der Waals surface area contributed by atoms with E-state index in [1.165, 1.54) is 6.26 Å². The van der Waals surface area contributed by atoms with Crippen molar-refractivity contribution in [2.45, 2.75) is 19.8 Å². The van der Waals surface area contributed by atoms with Crippen LogP contribution in [0.15, 0.2) is 57.8 Å². The highest BCUT2D eigenvalue weighted by atomic mass is 16.6. The lowest BCUT2D eigenvalue weighted by molar-refractivity contribution is -0.130. The third-order valence-corrected chi connectivity index (χ3v) is 3.28. The smallest absolute Gasteiger partial charge is 0.363 e. The molecule has 0 unspecified atom stereocenters. The molecule has 0 atom stereocenters. The zero-order valence-corrected chi connectivity index (χ0v) is 12.8. The van der Waals surface area contributed by atoms with Crippen LogP contribution in [0.1, 0.15) is 31.1 Å². The van der Waals surface area contributed by atoms with Gasteiger partial charge in [0.05, 0.1) is 12.9 Å². The topological polar surface area (TPSA) is 61.0 Å². The van der Waals surface area contributed by atoms with E-state index in [9.17, 15) is 4.79 Å². The molecular formula is C18H17NO4. The summed E-state index contributed by atoms with van der Waals surface area (Å²) in [6.07, 6.45) is 5.27. The van der Waals surface area contributed by atoms with Crippen molar-refractivity contribution in [2.24, 2.45) is 4.99 Å². The Kier molecular flexibility index (Phi) is 4.57. The molecule has 0 radical (unpaired) electrons. The molecule has 1 aliphatic rings. The maximum Gasteiger partial charge on any atom is 0.363 e. The van der Waals surface area contributed by atoms with E-state index in [2.05, 4.69) is 11.9 Å². The van der Waals surface area contributed by atoms with Crippen LogP contribution >= 0.6 is 0 Å². The standard InChI is InChI=1S/C18H17NO4/c1-2-3-9-21-14-7-4-6-13(11-14)12-15-18(20)23-17(19-15)16-8-5-10-22-16/h4-8,10-12H,2-3,9H2,1H3/b15-12-. The predicted octanol–water partition coefficient (Wildman–Crippen LogP) is 3.80. The molecule has 3 rings (SSSR count). The van der Waals surface area contributed by atoms with Crippen molar-refractivity contribution < 1.29 is 18.7 Å². The summed E-state index contributed by atoms with van der Waals surface area (Å²) in [5.41, 5.74) is 1.07. The number of benzene rings is 1. The number of carbonyl (C=O) groups excluding carboxylic acids is 1. The molecule has 0 bridgehead atoms. The van der Waals surface area contributed by atoms with Crippen LogP contribution in [0.4, 0.5) is 0 Å². The van der Waals surface area contributed by atoms with E-state index in [-0.39, 0.29) is 11.6 Å². The van der Waals surface area contributed by atoms with Crippen LogP contribution in [-0.2, 0) is 9.53 Å². The first-order valence-corrected chi connectivity index (χ1v) is 7.55. The number of aliphatic imine (C=N–C) groups is 1. The normalized spacial score (nSPS) is 15.6. The zero-order valence-electron chi connectivity index (χ0n) is 12.8. The molecule has 0 N–H and O–H groups in total. The first-order valence-electron chi connectivity index (χ1n) is 7.55. The second kappa shape index (κ2) is 6.96. The number of unbranched alkanes of at least 4 members (excludes halogenated alkanes) is 1. The number of carbonyl (C=O) groups is 1. The Morgan fingerprint density at radius 3 is 2.96 bits per heavy atom. The highest BCUT2D eigenvalue weighted by molar-refractivity contribution is 6.11. The van der Waals surface area contributed by atoms with Crippen LogP contribution in [0.25, 0.3) is 6.08 Å². The van der Waals surface area contributed by atoms with E-state index >= 15 is 0 Å². The number of rotatable bonds is 6. The Hall–Kier alpha value is -2.82. The summed E-state index contributed by atoms with van der Waals surface area (Å²) >= 11 is 0. The fourth-order valence-corrected chi connectivity index (χ4v) is 2.10. The minimum Gasteiger partial charge on any atom is -0.494 e. The third kappa shape index (κ3) is 3.69. The van der Waals surface area contributed by atoms with Gasteiger partial charge in [-0.15, -0.1) is 0 Å². The van der Waals surface area contributed by atoms with Crippen LogP contribution in [0.2, 0.25) is 0 Å². The summed E-state index contributed by atoms with van der Waals surface area (Å²) in [5.74, 6) is 0.892. The van der Waals surface area contributed by atoms with Gasteiger partial charge in [0.25, 0.3) is 5.90 Å². The van der Waals surface area contributed by atoms with Crippen molar-refractivity contribution in [3.63, 3.8) is 0 Å². The van der Waals surface area contributed by atoms with Crippen LogP contribution in [-0.4, -0.2) is 18.5 Å². The molecule has 1 aromatic carbocycles. The molecule has 2 aromatic rings. The van der Waals surface area contributed by atoms with Gasteiger partial charge >= 0.3 is 5.97 Å². The maximum absolute atomic E-state index is 11.9. The van der Waals surface area contributed by atoms with Crippen molar-refractivity contribution in [3.8, 4) is 5.75 Å². The number of hydrogen-bond acceptors (Lipinski definition) is 5. The van der Waals surface area contributed by atoms with Crippen molar-refractivity contribution in [3.05, 3.63) is 59.7 Å². The second-order valence-electron chi connectivity index (χ2n) is 5.09. The van der Waals surface area contributed by atoms with Gasteiger partial charge in [-0.3, -0.25) is 0 Å². The quantitative estimate of drug-likeness (QED) is 0.462. The summed E-state index contributed by atoms with van der Waals surface area (Å²) in [7, 11) is 0. The van der Waals surface area contributed by atoms with Gasteiger partial charge in [0, 0.05) is 0 Å². The minimum atomic E-state index is -0.492. The van der Waals surface area contributed by atoms with Crippen molar-refractivity contribution in [1.82, 2.24) is 0 Å². The lowest BCUT2D eigenvalue weighted by Crippen LogP contribution is -2.04. The molecular weight excluding hydrogens is 294 g/mol. The Bertz CT molecular complexity index is 744. The van der Waals surface area contributed by atoms with Crippen LogP contribution in [0, 0.1) is 0 Å². The first kappa shape index (κ1) is 15.1. The molecule has 1 aromatic heterocycles. The highest BCUT2D eigenvalue weighted by Gasteiger charge is 2.25. The number of furan rings is 1. The van der Waals surface area contributed by atoms with E-state index in [0.29, 0.717) is 12.4 Å². The number of esters is 1. The fourth-order valence-electron chi connectivity index (χ4n) is 2.10. The molecule has 1 aliphatic heterocycles. The number of hydrogen-bond donors (Lipinski definition) is 0. The Morgan fingerprint density at radius 1 is 1.26 bits per heavy atom. The van der Waals surface area contributed by atoms with Gasteiger partial charge in [-0.2, -0.15) is 0 Å². The monoisotopic (exact) mass is 311 g/mol. The van der Waals surface area contributed by atoms with E-state index in [0.717, 1.165) is 24.2 Å². The molecule has 0 saturated carbocycles. The minimum absolute atomic E-state index is 0.182. The number of cyclic esters (lactones) is 1. The molecule has 0 aliphatic carbocycles. The van der Waals surface area contributed by atoms with Crippen molar-refractivity contribution >= 4 is 17.9 Å². The summed E-state index contributed by atoms with van der Waals surface area (Å²) in [5, 5.41) is 0. The molecule has 0 fully saturated rings. The average molecular weight is 311 g/mol. The molecule has 118 valence electrons. The molecule has 2 heterocycles. The predicted molar refractivity (Wildman–Crippen MR) is 86.2 cm³/mol. The highest BCUT2D eigenvalue weighted by Crippen LogP contribution is 2.21. The van der Waals surface area contributed by atoms with Gasteiger partial charge in [-0.05, 0) is 42.3 Å². The molecule has 5 nitrogen and oxygen atoms in total.